The summed E-state index contributed by atoms with van der Waals surface area (Å²) in [5.41, 5.74) is 1.09. The lowest BCUT2D eigenvalue weighted by molar-refractivity contribution is 0.0787. The van der Waals surface area contributed by atoms with Crippen LogP contribution in [0.3, 0.4) is 0 Å². The maximum absolute atomic E-state index is 12.2. The molecule has 0 spiro atoms. The second-order valence-corrected chi connectivity index (χ2v) is 6.63. The second kappa shape index (κ2) is 6.25. The van der Waals surface area contributed by atoms with E-state index < -0.39 is 0 Å². The van der Waals surface area contributed by atoms with E-state index in [0.717, 1.165) is 44.3 Å². The maximum Gasteiger partial charge on any atom is 0.275 e. The SMILES string of the molecule is N#CC1(c2ccc(OCc3nc(C(=O)N4CCCC4)co3)cc2)CC1. The van der Waals surface area contributed by atoms with Crippen LogP contribution in [0.1, 0.15) is 47.6 Å². The molecule has 1 saturated heterocycles. The molecule has 2 aliphatic rings. The highest BCUT2D eigenvalue weighted by atomic mass is 16.5. The molecule has 25 heavy (non-hydrogen) atoms. The van der Waals surface area contributed by atoms with Gasteiger partial charge < -0.3 is 14.1 Å². The van der Waals surface area contributed by atoms with Crippen molar-refractivity contribution in [1.29, 1.82) is 5.26 Å². The van der Waals surface area contributed by atoms with Crippen molar-refractivity contribution in [3.63, 3.8) is 0 Å². The standard InChI is InChI=1S/C19H19N3O3/c20-13-19(7-8-19)14-3-5-15(6-4-14)24-12-17-21-16(11-25-17)18(23)22-9-1-2-10-22/h3-6,11H,1-2,7-10,12H2. The number of likely N-dealkylation sites (tertiary alicyclic amines) is 1. The summed E-state index contributed by atoms with van der Waals surface area (Å²) in [7, 11) is 0. The van der Waals surface area contributed by atoms with Gasteiger partial charge in [0.2, 0.25) is 5.89 Å². The number of hydrogen-bond acceptors (Lipinski definition) is 5. The van der Waals surface area contributed by atoms with E-state index in [0.29, 0.717) is 17.3 Å². The Hall–Kier alpha value is -2.81. The van der Waals surface area contributed by atoms with Crippen molar-refractivity contribution < 1.29 is 13.9 Å². The quantitative estimate of drug-likeness (QED) is 0.838. The molecule has 2 fully saturated rings. The van der Waals surface area contributed by atoms with Crippen LogP contribution < -0.4 is 4.74 Å². The van der Waals surface area contributed by atoms with Gasteiger partial charge >= 0.3 is 0 Å². The molecule has 6 nitrogen and oxygen atoms in total. The van der Waals surface area contributed by atoms with Crippen molar-refractivity contribution in [3.05, 3.63) is 47.7 Å². The van der Waals surface area contributed by atoms with Crippen LogP contribution in [-0.2, 0) is 12.0 Å². The van der Waals surface area contributed by atoms with Crippen LogP contribution in [0.15, 0.2) is 34.9 Å². The summed E-state index contributed by atoms with van der Waals surface area (Å²) in [6.07, 6.45) is 5.33. The van der Waals surface area contributed by atoms with Gasteiger partial charge in [0.1, 0.15) is 12.0 Å². The number of aromatic nitrogens is 1. The van der Waals surface area contributed by atoms with E-state index in [1.807, 2.05) is 24.3 Å². The Kier molecular flexibility index (Phi) is 3.92. The molecule has 0 atom stereocenters. The fourth-order valence-corrected chi connectivity index (χ4v) is 3.16. The zero-order valence-electron chi connectivity index (χ0n) is 13.9. The lowest BCUT2D eigenvalue weighted by Crippen LogP contribution is -2.27. The normalized spacial score (nSPS) is 18.0. The largest absolute Gasteiger partial charge is 0.484 e. The van der Waals surface area contributed by atoms with Gasteiger partial charge in [-0.25, -0.2) is 4.98 Å². The summed E-state index contributed by atoms with van der Waals surface area (Å²) < 4.78 is 11.0. The maximum atomic E-state index is 12.2. The third-order valence-corrected chi connectivity index (χ3v) is 4.90. The van der Waals surface area contributed by atoms with Crippen molar-refractivity contribution >= 4 is 5.91 Å². The monoisotopic (exact) mass is 337 g/mol. The smallest absolute Gasteiger partial charge is 0.275 e. The van der Waals surface area contributed by atoms with E-state index in [2.05, 4.69) is 11.1 Å². The van der Waals surface area contributed by atoms with Crippen LogP contribution in [0, 0.1) is 11.3 Å². The van der Waals surface area contributed by atoms with Gasteiger partial charge in [-0.3, -0.25) is 4.79 Å². The summed E-state index contributed by atoms with van der Waals surface area (Å²) in [4.78, 5) is 18.3. The number of ether oxygens (including phenoxy) is 1. The number of nitriles is 1. The number of rotatable bonds is 5. The molecule has 0 N–H and O–H groups in total. The Morgan fingerprint density at radius 3 is 2.64 bits per heavy atom. The average Bonchev–Trinajstić information content (AvgIpc) is 3.06. The minimum Gasteiger partial charge on any atom is -0.484 e. The summed E-state index contributed by atoms with van der Waals surface area (Å²) in [5, 5.41) is 9.22. The van der Waals surface area contributed by atoms with Gasteiger partial charge in [-0.1, -0.05) is 12.1 Å². The summed E-state index contributed by atoms with van der Waals surface area (Å²) >= 11 is 0. The fraction of sp³-hybridized carbons (Fsp3) is 0.421. The van der Waals surface area contributed by atoms with Crippen molar-refractivity contribution in [3.8, 4) is 11.8 Å². The molecule has 6 heteroatoms. The summed E-state index contributed by atoms with van der Waals surface area (Å²) in [5.74, 6) is 0.980. The Labute approximate surface area is 146 Å². The minimum atomic E-state index is -0.286. The number of oxazole rings is 1. The van der Waals surface area contributed by atoms with Gasteiger partial charge in [0.05, 0.1) is 11.5 Å². The Morgan fingerprint density at radius 2 is 2.00 bits per heavy atom. The molecular weight excluding hydrogens is 318 g/mol. The zero-order chi connectivity index (χ0) is 17.3. The van der Waals surface area contributed by atoms with Gasteiger partial charge in [0, 0.05) is 13.1 Å². The first-order chi connectivity index (χ1) is 12.2. The predicted molar refractivity (Wildman–Crippen MR) is 88.9 cm³/mol. The third-order valence-electron chi connectivity index (χ3n) is 4.90. The number of amides is 1. The lowest BCUT2D eigenvalue weighted by Gasteiger charge is -2.12. The summed E-state index contributed by atoms with van der Waals surface area (Å²) in [6.45, 7) is 1.73. The molecule has 0 bridgehead atoms. The van der Waals surface area contributed by atoms with Crippen LogP contribution >= 0.6 is 0 Å². The Morgan fingerprint density at radius 1 is 1.28 bits per heavy atom. The summed E-state index contributed by atoms with van der Waals surface area (Å²) in [6, 6.07) is 9.95. The van der Waals surface area contributed by atoms with Crippen LogP contribution in [-0.4, -0.2) is 28.9 Å². The van der Waals surface area contributed by atoms with Gasteiger partial charge in [0.15, 0.2) is 12.3 Å². The number of carbonyl (C=O) groups excluding carboxylic acids is 1. The molecule has 2 heterocycles. The second-order valence-electron chi connectivity index (χ2n) is 6.63. The molecule has 1 aromatic carbocycles. The molecule has 128 valence electrons. The van der Waals surface area contributed by atoms with Gasteiger partial charge in [0.25, 0.3) is 5.91 Å². The van der Waals surface area contributed by atoms with E-state index in [4.69, 9.17) is 9.15 Å². The molecular formula is C19H19N3O3. The molecule has 1 saturated carbocycles. The molecule has 0 unspecified atom stereocenters. The van der Waals surface area contributed by atoms with Gasteiger partial charge in [-0.05, 0) is 43.4 Å². The number of benzene rings is 1. The topological polar surface area (TPSA) is 79.4 Å². The van der Waals surface area contributed by atoms with Crippen molar-refractivity contribution in [2.45, 2.75) is 37.7 Å². The lowest BCUT2D eigenvalue weighted by atomic mass is 9.98. The van der Waals surface area contributed by atoms with Gasteiger partial charge in [-0.15, -0.1) is 0 Å². The molecule has 4 rings (SSSR count). The van der Waals surface area contributed by atoms with E-state index in [-0.39, 0.29) is 17.9 Å². The highest BCUT2D eigenvalue weighted by Crippen LogP contribution is 2.47. The molecule has 0 radical (unpaired) electrons. The van der Waals surface area contributed by atoms with Crippen LogP contribution in [0.5, 0.6) is 5.75 Å². The van der Waals surface area contributed by atoms with Crippen molar-refractivity contribution in [2.24, 2.45) is 0 Å². The van der Waals surface area contributed by atoms with Crippen LogP contribution in [0.2, 0.25) is 0 Å². The molecule has 1 amide bonds. The van der Waals surface area contributed by atoms with Crippen LogP contribution in [0.4, 0.5) is 0 Å². The van der Waals surface area contributed by atoms with E-state index >= 15 is 0 Å². The minimum absolute atomic E-state index is 0.0805. The Bertz CT molecular complexity index is 809. The predicted octanol–water partition coefficient (Wildman–Crippen LogP) is 3.04. The van der Waals surface area contributed by atoms with E-state index in [1.54, 1.807) is 4.90 Å². The van der Waals surface area contributed by atoms with Crippen LogP contribution in [0.25, 0.3) is 0 Å². The third kappa shape index (κ3) is 3.10. The first-order valence-corrected chi connectivity index (χ1v) is 8.58. The van der Waals surface area contributed by atoms with Gasteiger partial charge in [-0.2, -0.15) is 5.26 Å². The molecule has 1 aliphatic heterocycles. The van der Waals surface area contributed by atoms with Crippen molar-refractivity contribution in [1.82, 2.24) is 9.88 Å². The van der Waals surface area contributed by atoms with Crippen molar-refractivity contribution in [2.75, 3.05) is 13.1 Å². The van der Waals surface area contributed by atoms with E-state index in [1.165, 1.54) is 6.26 Å². The van der Waals surface area contributed by atoms with E-state index in [9.17, 15) is 10.1 Å². The highest BCUT2D eigenvalue weighted by Gasteiger charge is 2.44. The first-order valence-electron chi connectivity index (χ1n) is 8.58. The Balaban J connectivity index is 1.35. The number of carbonyl (C=O) groups is 1. The first kappa shape index (κ1) is 15.7. The highest BCUT2D eigenvalue weighted by molar-refractivity contribution is 5.92. The fourth-order valence-electron chi connectivity index (χ4n) is 3.16. The molecule has 1 aromatic heterocycles. The molecule has 1 aliphatic carbocycles. The number of hydrogen-bond donors (Lipinski definition) is 0. The zero-order valence-corrected chi connectivity index (χ0v) is 13.9. The molecule has 2 aromatic rings. The average molecular weight is 337 g/mol. The number of nitrogens with zero attached hydrogens (tertiary/aromatic N) is 3.